The molecule has 88 valence electrons. The predicted octanol–water partition coefficient (Wildman–Crippen LogP) is 1.92. The minimum Gasteiger partial charge on any atom is -0.507 e. The second kappa shape index (κ2) is 6.50. The predicted molar refractivity (Wildman–Crippen MR) is 64.6 cm³/mol. The van der Waals surface area contributed by atoms with E-state index in [9.17, 15) is 9.90 Å². The molecule has 4 nitrogen and oxygen atoms in total. The summed E-state index contributed by atoms with van der Waals surface area (Å²) in [6.07, 6.45) is 0. The monoisotopic (exact) mass is 287 g/mol. The molecule has 1 aromatic rings. The molecule has 2 N–H and O–H groups in total. The molecule has 0 saturated carbocycles. The molecule has 1 rings (SSSR count). The van der Waals surface area contributed by atoms with Crippen LogP contribution in [0.15, 0.2) is 22.7 Å². The average Bonchev–Trinajstić information content (AvgIpc) is 2.28. The maximum Gasteiger partial charge on any atom is 0.251 e. The van der Waals surface area contributed by atoms with Gasteiger partial charge in [-0.1, -0.05) is 0 Å². The Balaban J connectivity index is 2.50. The Kier molecular flexibility index (Phi) is 5.28. The fraction of sp³-hybridized carbons (Fsp3) is 0.364. The first-order chi connectivity index (χ1) is 7.65. The molecule has 1 aromatic carbocycles. The minimum absolute atomic E-state index is 0.0532. The number of carbonyl (C=O) groups excluding carboxylic acids is 1. The van der Waals surface area contributed by atoms with Gasteiger partial charge in [0, 0.05) is 18.7 Å². The van der Waals surface area contributed by atoms with E-state index in [1.807, 2.05) is 6.92 Å². The maximum absolute atomic E-state index is 11.6. The molecular weight excluding hydrogens is 274 g/mol. The number of rotatable bonds is 5. The number of halogens is 1. The lowest BCUT2D eigenvalue weighted by atomic mass is 10.2. The molecule has 1 amide bonds. The van der Waals surface area contributed by atoms with Crippen molar-refractivity contribution in [3.05, 3.63) is 28.2 Å². The van der Waals surface area contributed by atoms with E-state index in [1.165, 1.54) is 6.07 Å². The highest BCUT2D eigenvalue weighted by Crippen LogP contribution is 2.24. The van der Waals surface area contributed by atoms with Gasteiger partial charge in [-0.05, 0) is 41.1 Å². The van der Waals surface area contributed by atoms with Gasteiger partial charge in [-0.25, -0.2) is 0 Å². The molecule has 0 aliphatic rings. The first-order valence-corrected chi connectivity index (χ1v) is 5.79. The third-order valence-corrected chi connectivity index (χ3v) is 2.61. The van der Waals surface area contributed by atoms with E-state index in [1.54, 1.807) is 12.1 Å². The fourth-order valence-electron chi connectivity index (χ4n) is 1.14. The zero-order valence-corrected chi connectivity index (χ0v) is 10.6. The van der Waals surface area contributed by atoms with E-state index in [0.717, 1.165) is 0 Å². The number of nitrogens with one attached hydrogen (secondary N) is 1. The number of carbonyl (C=O) groups is 1. The van der Waals surface area contributed by atoms with Crippen LogP contribution in [0.5, 0.6) is 5.75 Å². The van der Waals surface area contributed by atoms with Crippen LogP contribution in [0.1, 0.15) is 17.3 Å². The Hall–Kier alpha value is -1.07. The van der Waals surface area contributed by atoms with Crippen LogP contribution in [0, 0.1) is 0 Å². The van der Waals surface area contributed by atoms with Crippen LogP contribution in [-0.4, -0.2) is 30.8 Å². The molecule has 0 fully saturated rings. The molecular formula is C11H14BrNO3. The van der Waals surface area contributed by atoms with E-state index in [0.29, 0.717) is 29.8 Å². The third-order valence-electron chi connectivity index (χ3n) is 1.94. The van der Waals surface area contributed by atoms with E-state index >= 15 is 0 Å². The molecule has 0 aliphatic heterocycles. The normalized spacial score (nSPS) is 10.1. The molecule has 0 radical (unpaired) electrons. The summed E-state index contributed by atoms with van der Waals surface area (Å²) in [7, 11) is 0. The second-order valence-corrected chi connectivity index (χ2v) is 3.97. The van der Waals surface area contributed by atoms with Crippen LogP contribution in [0.25, 0.3) is 0 Å². The van der Waals surface area contributed by atoms with Crippen molar-refractivity contribution < 1.29 is 14.6 Å². The lowest BCUT2D eigenvalue weighted by Crippen LogP contribution is -2.27. The average molecular weight is 288 g/mol. The summed E-state index contributed by atoms with van der Waals surface area (Å²) in [6.45, 7) is 3.48. The number of hydrogen-bond donors (Lipinski definition) is 2. The van der Waals surface area contributed by atoms with Crippen molar-refractivity contribution >= 4 is 21.8 Å². The van der Waals surface area contributed by atoms with Gasteiger partial charge in [-0.2, -0.15) is 0 Å². The Labute approximate surface area is 103 Å². The maximum atomic E-state index is 11.6. The molecule has 0 spiro atoms. The zero-order valence-electron chi connectivity index (χ0n) is 9.00. The first kappa shape index (κ1) is 13.0. The van der Waals surface area contributed by atoms with E-state index in [2.05, 4.69) is 21.2 Å². The molecule has 0 aromatic heterocycles. The highest BCUT2D eigenvalue weighted by Gasteiger charge is 2.07. The summed E-state index contributed by atoms with van der Waals surface area (Å²) >= 11 is 3.15. The Bertz CT molecular complexity index is 368. The van der Waals surface area contributed by atoms with Gasteiger partial charge in [0.1, 0.15) is 5.75 Å². The Morgan fingerprint density at radius 3 is 2.94 bits per heavy atom. The van der Waals surface area contributed by atoms with Gasteiger partial charge in [0.25, 0.3) is 5.91 Å². The number of phenols is 1. The van der Waals surface area contributed by atoms with Gasteiger partial charge in [-0.15, -0.1) is 0 Å². The Morgan fingerprint density at radius 1 is 1.56 bits per heavy atom. The van der Waals surface area contributed by atoms with Crippen molar-refractivity contribution in [2.45, 2.75) is 6.92 Å². The van der Waals surface area contributed by atoms with Gasteiger partial charge < -0.3 is 15.2 Å². The molecule has 0 bridgehead atoms. The molecule has 0 heterocycles. The largest absolute Gasteiger partial charge is 0.507 e. The molecule has 0 unspecified atom stereocenters. The zero-order chi connectivity index (χ0) is 12.0. The molecule has 5 heteroatoms. The van der Waals surface area contributed by atoms with Crippen molar-refractivity contribution in [1.82, 2.24) is 5.32 Å². The van der Waals surface area contributed by atoms with Crippen molar-refractivity contribution in [3.63, 3.8) is 0 Å². The van der Waals surface area contributed by atoms with Crippen LogP contribution >= 0.6 is 15.9 Å². The van der Waals surface area contributed by atoms with Crippen molar-refractivity contribution in [3.8, 4) is 5.75 Å². The lowest BCUT2D eigenvalue weighted by Gasteiger charge is -2.06. The second-order valence-electron chi connectivity index (χ2n) is 3.12. The third kappa shape index (κ3) is 3.83. The van der Waals surface area contributed by atoms with E-state index in [4.69, 9.17) is 4.74 Å². The smallest absolute Gasteiger partial charge is 0.251 e. The summed E-state index contributed by atoms with van der Waals surface area (Å²) in [5, 5.41) is 12.1. The molecule has 0 aliphatic carbocycles. The van der Waals surface area contributed by atoms with Crippen LogP contribution < -0.4 is 5.32 Å². The number of phenolic OH excluding ortho intramolecular Hbond substituents is 1. The van der Waals surface area contributed by atoms with Crippen LogP contribution in [0.3, 0.4) is 0 Å². The van der Waals surface area contributed by atoms with E-state index in [-0.39, 0.29) is 11.7 Å². The van der Waals surface area contributed by atoms with Crippen LogP contribution in [0.4, 0.5) is 0 Å². The topological polar surface area (TPSA) is 58.6 Å². The summed E-state index contributed by atoms with van der Waals surface area (Å²) in [6, 6.07) is 4.69. The summed E-state index contributed by atoms with van der Waals surface area (Å²) < 4.78 is 5.66. The highest BCUT2D eigenvalue weighted by molar-refractivity contribution is 9.10. The van der Waals surface area contributed by atoms with Gasteiger partial charge in [0.2, 0.25) is 0 Å². The first-order valence-electron chi connectivity index (χ1n) is 4.99. The number of benzene rings is 1. The summed E-state index contributed by atoms with van der Waals surface area (Å²) in [5.74, 6) is -0.167. The van der Waals surface area contributed by atoms with Gasteiger partial charge in [0.05, 0.1) is 11.1 Å². The SMILES string of the molecule is CCOCCNC(=O)c1ccc(Br)c(O)c1. The standard InChI is InChI=1S/C11H14BrNO3/c1-2-16-6-5-13-11(15)8-3-4-9(12)10(14)7-8/h3-4,7,14H,2,5-6H2,1H3,(H,13,15). The number of hydrogen-bond acceptors (Lipinski definition) is 3. The van der Waals surface area contributed by atoms with Gasteiger partial charge in [-0.3, -0.25) is 4.79 Å². The molecule has 16 heavy (non-hydrogen) atoms. The Morgan fingerprint density at radius 2 is 2.31 bits per heavy atom. The van der Waals surface area contributed by atoms with Crippen LogP contribution in [0.2, 0.25) is 0 Å². The van der Waals surface area contributed by atoms with E-state index < -0.39 is 0 Å². The van der Waals surface area contributed by atoms with Crippen molar-refractivity contribution in [2.24, 2.45) is 0 Å². The quantitative estimate of drug-likeness (QED) is 0.814. The summed E-state index contributed by atoms with van der Waals surface area (Å²) in [4.78, 5) is 11.6. The fourth-order valence-corrected chi connectivity index (χ4v) is 1.38. The number of aromatic hydroxyl groups is 1. The van der Waals surface area contributed by atoms with Crippen LogP contribution in [-0.2, 0) is 4.74 Å². The lowest BCUT2D eigenvalue weighted by molar-refractivity contribution is 0.0922. The highest BCUT2D eigenvalue weighted by atomic mass is 79.9. The van der Waals surface area contributed by atoms with Crippen molar-refractivity contribution in [1.29, 1.82) is 0 Å². The minimum atomic E-state index is -0.220. The molecule has 0 saturated heterocycles. The van der Waals surface area contributed by atoms with Gasteiger partial charge >= 0.3 is 0 Å². The summed E-state index contributed by atoms with van der Waals surface area (Å²) in [5.41, 5.74) is 0.428. The van der Waals surface area contributed by atoms with Crippen molar-refractivity contribution in [2.75, 3.05) is 19.8 Å². The number of ether oxygens (including phenoxy) is 1. The molecule has 0 atom stereocenters. The van der Waals surface area contributed by atoms with Gasteiger partial charge in [0.15, 0.2) is 0 Å². The number of amides is 1.